The number of hydrogen-bond acceptors (Lipinski definition) is 3. The van der Waals surface area contributed by atoms with Gasteiger partial charge in [0.1, 0.15) is 0 Å². The predicted octanol–water partition coefficient (Wildman–Crippen LogP) is 4.34. The maximum absolute atomic E-state index is 11.3. The monoisotopic (exact) mass is 261 g/mol. The molecule has 20 heavy (non-hydrogen) atoms. The molecule has 0 amide bonds. The lowest BCUT2D eigenvalue weighted by molar-refractivity contribution is 0.556. The Morgan fingerprint density at radius 3 is 2.10 bits per heavy atom. The lowest BCUT2D eigenvalue weighted by Gasteiger charge is -2.25. The van der Waals surface area contributed by atoms with E-state index in [0.29, 0.717) is 0 Å². The second-order valence-corrected chi connectivity index (χ2v) is 5.08. The van der Waals surface area contributed by atoms with Crippen LogP contribution in [-0.4, -0.2) is 12.2 Å². The lowest BCUT2D eigenvalue weighted by Crippen LogP contribution is -2.17. The molecule has 0 saturated heterocycles. The van der Waals surface area contributed by atoms with Gasteiger partial charge in [-0.25, -0.2) is 0 Å². The van der Waals surface area contributed by atoms with Gasteiger partial charge in [-0.15, -0.1) is 0 Å². The zero-order valence-corrected chi connectivity index (χ0v) is 11.1. The fourth-order valence-corrected chi connectivity index (χ4v) is 3.00. The smallest absolute Gasteiger partial charge is 0.0558 e. The van der Waals surface area contributed by atoms with Gasteiger partial charge in [0.2, 0.25) is 0 Å². The molecule has 0 unspecified atom stereocenters. The van der Waals surface area contributed by atoms with E-state index in [4.69, 9.17) is 0 Å². The van der Waals surface area contributed by atoms with Crippen LogP contribution in [0.4, 0.5) is 5.69 Å². The summed E-state index contributed by atoms with van der Waals surface area (Å²) in [5, 5.41) is 19.2. The summed E-state index contributed by atoms with van der Waals surface area (Å²) >= 11 is 0. The van der Waals surface area contributed by atoms with Crippen molar-refractivity contribution < 1.29 is 0 Å². The Morgan fingerprint density at radius 1 is 0.800 bits per heavy atom. The van der Waals surface area contributed by atoms with Gasteiger partial charge in [0, 0.05) is 5.39 Å². The molecule has 4 aromatic carbocycles. The van der Waals surface area contributed by atoms with Gasteiger partial charge in [-0.3, -0.25) is 0 Å². The van der Waals surface area contributed by atoms with Crippen LogP contribution in [0.15, 0.2) is 54.6 Å². The van der Waals surface area contributed by atoms with Crippen molar-refractivity contribution in [3.63, 3.8) is 0 Å². The first-order valence-corrected chi connectivity index (χ1v) is 6.58. The minimum atomic E-state index is 0.728. The van der Waals surface area contributed by atoms with Crippen molar-refractivity contribution in [1.82, 2.24) is 5.17 Å². The summed E-state index contributed by atoms with van der Waals surface area (Å²) in [6.45, 7) is 0. The van der Waals surface area contributed by atoms with Crippen LogP contribution < -0.4 is 5.43 Å². The van der Waals surface area contributed by atoms with E-state index < -0.39 is 0 Å². The van der Waals surface area contributed by atoms with Gasteiger partial charge >= 0.3 is 0 Å². The lowest BCUT2D eigenvalue weighted by atomic mass is 9.94. The molecule has 3 nitrogen and oxygen atoms in total. The van der Waals surface area contributed by atoms with E-state index in [2.05, 4.69) is 54.0 Å². The van der Waals surface area contributed by atoms with E-state index in [1.165, 1.54) is 34.0 Å². The quantitative estimate of drug-likeness (QED) is 0.431. The van der Waals surface area contributed by atoms with Gasteiger partial charge in [-0.1, -0.05) is 48.5 Å². The number of rotatable bonds is 2. The third kappa shape index (κ3) is 1.54. The summed E-state index contributed by atoms with van der Waals surface area (Å²) in [6.07, 6.45) is 0. The second kappa shape index (κ2) is 4.07. The zero-order valence-electron chi connectivity index (χ0n) is 11.1. The second-order valence-electron chi connectivity index (χ2n) is 5.08. The van der Waals surface area contributed by atoms with Crippen LogP contribution >= 0.6 is 0 Å². The van der Waals surface area contributed by atoms with E-state index in [1.807, 2.05) is 6.07 Å². The Balaban J connectivity index is 2.20. The molecule has 98 valence electrons. The van der Waals surface area contributed by atoms with Crippen molar-refractivity contribution >= 4 is 38.0 Å². The Morgan fingerprint density at radius 2 is 1.40 bits per heavy atom. The fraction of sp³-hybridized carbons (Fsp3) is 0.0588. The standard InChI is InChI=1S/C17H13N2O/c1-19(20)18-15-10-8-13-6-5-11-3-2-4-12-7-9-14(15)17(13)16(11)12/h2-10,18H,1H3/q-1. The number of nitrogens with one attached hydrogen (secondary N) is 1. The topological polar surface area (TPSA) is 38.3 Å². The molecule has 0 aliphatic heterocycles. The molecule has 4 aromatic rings. The van der Waals surface area contributed by atoms with Gasteiger partial charge < -0.3 is 15.8 Å². The highest BCUT2D eigenvalue weighted by atomic mass is 16.5. The number of hydroxylamine groups is 1. The van der Waals surface area contributed by atoms with Gasteiger partial charge in [0.05, 0.1) is 5.69 Å². The highest BCUT2D eigenvalue weighted by Crippen LogP contribution is 2.37. The first-order valence-electron chi connectivity index (χ1n) is 6.58. The summed E-state index contributed by atoms with van der Waals surface area (Å²) in [5.74, 6) is 0. The number of hydrogen-bond donors (Lipinski definition) is 1. The van der Waals surface area contributed by atoms with E-state index in [-0.39, 0.29) is 0 Å². The predicted molar refractivity (Wildman–Crippen MR) is 84.9 cm³/mol. The Bertz CT molecular complexity index is 899. The average Bonchev–Trinajstić information content (AvgIpc) is 2.46. The van der Waals surface area contributed by atoms with Crippen LogP contribution in [0.5, 0.6) is 0 Å². The SMILES string of the molecule is CN([O-])Nc1ccc2ccc3cccc4ccc1c2c34. The summed E-state index contributed by atoms with van der Waals surface area (Å²) in [6, 6.07) is 18.8. The number of nitrogens with zero attached hydrogens (tertiary/aromatic N) is 1. The Kier molecular flexibility index (Phi) is 2.33. The van der Waals surface area contributed by atoms with Crippen LogP contribution in [0.2, 0.25) is 0 Å². The maximum atomic E-state index is 11.3. The molecule has 0 aromatic heterocycles. The van der Waals surface area contributed by atoms with Crippen LogP contribution in [0.1, 0.15) is 0 Å². The molecule has 0 spiro atoms. The van der Waals surface area contributed by atoms with Gasteiger partial charge in [0.15, 0.2) is 0 Å². The molecule has 4 rings (SSSR count). The summed E-state index contributed by atoms with van der Waals surface area (Å²) in [7, 11) is 1.46. The van der Waals surface area contributed by atoms with Crippen molar-refractivity contribution in [2.75, 3.05) is 12.5 Å². The third-order valence-corrected chi connectivity index (χ3v) is 3.81. The normalized spacial score (nSPS) is 11.9. The van der Waals surface area contributed by atoms with Crippen molar-refractivity contribution in [2.45, 2.75) is 0 Å². The van der Waals surface area contributed by atoms with Crippen LogP contribution in [0, 0.1) is 5.21 Å². The van der Waals surface area contributed by atoms with E-state index in [9.17, 15) is 5.21 Å². The number of hydrazine groups is 1. The minimum Gasteiger partial charge on any atom is -0.768 e. The zero-order chi connectivity index (χ0) is 13.7. The maximum Gasteiger partial charge on any atom is 0.0558 e. The molecule has 0 saturated carbocycles. The van der Waals surface area contributed by atoms with Crippen molar-refractivity contribution in [3.8, 4) is 0 Å². The number of anilines is 1. The molecule has 0 bridgehead atoms. The molecule has 0 radical (unpaired) electrons. The van der Waals surface area contributed by atoms with E-state index >= 15 is 0 Å². The van der Waals surface area contributed by atoms with Crippen molar-refractivity contribution in [2.24, 2.45) is 0 Å². The Labute approximate surface area is 116 Å². The van der Waals surface area contributed by atoms with Gasteiger partial charge in [-0.05, 0) is 40.0 Å². The molecule has 0 fully saturated rings. The van der Waals surface area contributed by atoms with Crippen molar-refractivity contribution in [3.05, 3.63) is 59.8 Å². The molecular weight excluding hydrogens is 248 g/mol. The molecule has 0 aliphatic carbocycles. The van der Waals surface area contributed by atoms with Gasteiger partial charge in [-0.2, -0.15) is 0 Å². The molecule has 1 N–H and O–H groups in total. The molecule has 3 heteroatoms. The highest BCUT2D eigenvalue weighted by Gasteiger charge is 2.10. The third-order valence-electron chi connectivity index (χ3n) is 3.81. The van der Waals surface area contributed by atoms with E-state index in [0.717, 1.165) is 16.2 Å². The average molecular weight is 261 g/mol. The van der Waals surface area contributed by atoms with Crippen molar-refractivity contribution in [1.29, 1.82) is 0 Å². The van der Waals surface area contributed by atoms with Crippen LogP contribution in [0.3, 0.4) is 0 Å². The summed E-state index contributed by atoms with van der Waals surface area (Å²) in [4.78, 5) is 0. The summed E-state index contributed by atoms with van der Waals surface area (Å²) < 4.78 is 0. The Hall–Kier alpha value is -2.36. The van der Waals surface area contributed by atoms with E-state index in [1.54, 1.807) is 0 Å². The molecular formula is C17H13N2O-. The van der Waals surface area contributed by atoms with Crippen LogP contribution in [-0.2, 0) is 0 Å². The van der Waals surface area contributed by atoms with Crippen LogP contribution in [0.25, 0.3) is 32.3 Å². The van der Waals surface area contributed by atoms with Gasteiger partial charge in [0.25, 0.3) is 0 Å². The molecule has 0 heterocycles. The number of benzene rings is 4. The first-order chi connectivity index (χ1) is 9.74. The first kappa shape index (κ1) is 11.5. The largest absolute Gasteiger partial charge is 0.768 e. The fourth-order valence-electron chi connectivity index (χ4n) is 3.00. The molecule has 0 aliphatic rings. The summed E-state index contributed by atoms with van der Waals surface area (Å²) in [5.41, 5.74) is 3.68. The highest BCUT2D eigenvalue weighted by molar-refractivity contribution is 6.25. The minimum absolute atomic E-state index is 0.728. The molecule has 0 atom stereocenters.